The molecule has 1 saturated carbocycles. The zero-order valence-corrected chi connectivity index (χ0v) is 9.32. The van der Waals surface area contributed by atoms with Crippen LogP contribution in [0.5, 0.6) is 0 Å². The van der Waals surface area contributed by atoms with Crippen molar-refractivity contribution in [3.63, 3.8) is 0 Å². The highest BCUT2D eigenvalue weighted by molar-refractivity contribution is 4.80. The lowest BCUT2D eigenvalue weighted by molar-refractivity contribution is 0.0495. The Bertz CT molecular complexity index is 153. The first-order chi connectivity index (χ1) is 6.65. The van der Waals surface area contributed by atoms with E-state index in [-0.39, 0.29) is 12.7 Å². The predicted molar refractivity (Wildman–Crippen MR) is 57.2 cm³/mol. The van der Waals surface area contributed by atoms with Crippen LogP contribution in [0, 0.1) is 0 Å². The molecule has 0 spiro atoms. The standard InChI is InChI=1S/C11H23NO2/c1-9(2)12(7-8-13)10-3-5-11(14)6-4-10/h9-11,13-14H,3-8H2,1-2H3. The van der Waals surface area contributed by atoms with E-state index in [0.717, 1.165) is 32.2 Å². The Labute approximate surface area is 86.7 Å². The lowest BCUT2D eigenvalue weighted by atomic mass is 9.91. The molecular weight excluding hydrogens is 178 g/mol. The Balaban J connectivity index is 2.43. The average molecular weight is 201 g/mol. The van der Waals surface area contributed by atoms with Crippen LogP contribution in [0.4, 0.5) is 0 Å². The fraction of sp³-hybridized carbons (Fsp3) is 1.00. The molecule has 1 fully saturated rings. The molecule has 3 nitrogen and oxygen atoms in total. The van der Waals surface area contributed by atoms with Gasteiger partial charge in [0.05, 0.1) is 12.7 Å². The molecule has 0 bridgehead atoms. The molecule has 0 atom stereocenters. The molecule has 3 heteroatoms. The molecule has 1 aliphatic rings. The van der Waals surface area contributed by atoms with Gasteiger partial charge in [-0.05, 0) is 39.5 Å². The van der Waals surface area contributed by atoms with Crippen molar-refractivity contribution in [3.05, 3.63) is 0 Å². The van der Waals surface area contributed by atoms with Crippen molar-refractivity contribution in [2.45, 2.75) is 57.7 Å². The molecule has 0 aromatic carbocycles. The number of aliphatic hydroxyl groups is 2. The summed E-state index contributed by atoms with van der Waals surface area (Å²) in [7, 11) is 0. The second-order valence-electron chi connectivity index (χ2n) is 4.52. The second kappa shape index (κ2) is 5.69. The molecular formula is C11H23NO2. The first-order valence-corrected chi connectivity index (χ1v) is 5.69. The summed E-state index contributed by atoms with van der Waals surface area (Å²) in [6.45, 7) is 5.33. The third-order valence-electron chi connectivity index (χ3n) is 3.16. The third kappa shape index (κ3) is 3.23. The quantitative estimate of drug-likeness (QED) is 0.713. The van der Waals surface area contributed by atoms with Crippen LogP contribution in [-0.2, 0) is 0 Å². The molecule has 0 radical (unpaired) electrons. The van der Waals surface area contributed by atoms with Crippen molar-refractivity contribution in [1.82, 2.24) is 4.90 Å². The SMILES string of the molecule is CC(C)N(CCO)C1CCC(O)CC1. The van der Waals surface area contributed by atoms with Crippen LogP contribution in [0.1, 0.15) is 39.5 Å². The summed E-state index contributed by atoms with van der Waals surface area (Å²) < 4.78 is 0. The topological polar surface area (TPSA) is 43.7 Å². The van der Waals surface area contributed by atoms with Crippen LogP contribution in [0.25, 0.3) is 0 Å². The van der Waals surface area contributed by atoms with E-state index < -0.39 is 0 Å². The van der Waals surface area contributed by atoms with Gasteiger partial charge in [0.2, 0.25) is 0 Å². The van der Waals surface area contributed by atoms with E-state index in [2.05, 4.69) is 18.7 Å². The van der Waals surface area contributed by atoms with Gasteiger partial charge in [-0.2, -0.15) is 0 Å². The monoisotopic (exact) mass is 201 g/mol. The van der Waals surface area contributed by atoms with Gasteiger partial charge in [0.25, 0.3) is 0 Å². The first kappa shape index (κ1) is 12.0. The maximum absolute atomic E-state index is 9.41. The molecule has 84 valence electrons. The van der Waals surface area contributed by atoms with Crippen LogP contribution in [0.3, 0.4) is 0 Å². The van der Waals surface area contributed by atoms with E-state index in [1.54, 1.807) is 0 Å². The van der Waals surface area contributed by atoms with E-state index in [1.807, 2.05) is 0 Å². The predicted octanol–water partition coefficient (Wildman–Crippen LogP) is 0.993. The van der Waals surface area contributed by atoms with Crippen LogP contribution >= 0.6 is 0 Å². The Kier molecular flexibility index (Phi) is 4.85. The molecule has 1 aliphatic carbocycles. The minimum absolute atomic E-state index is 0.0885. The van der Waals surface area contributed by atoms with Gasteiger partial charge in [-0.3, -0.25) is 4.90 Å². The number of rotatable bonds is 4. The number of hydrogen-bond acceptors (Lipinski definition) is 3. The lowest BCUT2D eigenvalue weighted by Crippen LogP contribution is -2.44. The van der Waals surface area contributed by atoms with E-state index in [4.69, 9.17) is 5.11 Å². The fourth-order valence-corrected chi connectivity index (χ4v) is 2.37. The van der Waals surface area contributed by atoms with Gasteiger partial charge in [0.15, 0.2) is 0 Å². The van der Waals surface area contributed by atoms with Crippen LogP contribution in [0.15, 0.2) is 0 Å². The van der Waals surface area contributed by atoms with E-state index >= 15 is 0 Å². The number of hydrogen-bond donors (Lipinski definition) is 2. The van der Waals surface area contributed by atoms with Crippen LogP contribution < -0.4 is 0 Å². The van der Waals surface area contributed by atoms with Crippen LogP contribution in [-0.4, -0.2) is 46.5 Å². The molecule has 0 aromatic rings. The largest absolute Gasteiger partial charge is 0.395 e. The van der Waals surface area contributed by atoms with Crippen molar-refractivity contribution in [2.24, 2.45) is 0 Å². The van der Waals surface area contributed by atoms with Gasteiger partial charge in [-0.25, -0.2) is 0 Å². The Morgan fingerprint density at radius 3 is 2.21 bits per heavy atom. The summed E-state index contributed by atoms with van der Waals surface area (Å²) in [5, 5.41) is 18.4. The first-order valence-electron chi connectivity index (χ1n) is 5.69. The normalized spacial score (nSPS) is 28.7. The minimum atomic E-state index is -0.0885. The van der Waals surface area contributed by atoms with E-state index in [0.29, 0.717) is 12.1 Å². The maximum Gasteiger partial charge on any atom is 0.0558 e. The van der Waals surface area contributed by atoms with Gasteiger partial charge in [0, 0.05) is 18.6 Å². The Morgan fingerprint density at radius 1 is 1.21 bits per heavy atom. The molecule has 0 aromatic heterocycles. The maximum atomic E-state index is 9.41. The van der Waals surface area contributed by atoms with Crippen molar-refractivity contribution < 1.29 is 10.2 Å². The summed E-state index contributed by atoms with van der Waals surface area (Å²) in [5.41, 5.74) is 0. The van der Waals surface area contributed by atoms with E-state index in [1.165, 1.54) is 0 Å². The summed E-state index contributed by atoms with van der Waals surface area (Å²) >= 11 is 0. The van der Waals surface area contributed by atoms with Gasteiger partial charge in [0.1, 0.15) is 0 Å². The molecule has 14 heavy (non-hydrogen) atoms. The lowest BCUT2D eigenvalue weighted by Gasteiger charge is -2.38. The Morgan fingerprint density at radius 2 is 1.79 bits per heavy atom. The third-order valence-corrected chi connectivity index (χ3v) is 3.16. The molecule has 0 aliphatic heterocycles. The molecule has 0 unspecified atom stereocenters. The second-order valence-corrected chi connectivity index (χ2v) is 4.52. The fourth-order valence-electron chi connectivity index (χ4n) is 2.37. The van der Waals surface area contributed by atoms with Gasteiger partial charge in [-0.1, -0.05) is 0 Å². The molecule has 0 saturated heterocycles. The summed E-state index contributed by atoms with van der Waals surface area (Å²) in [4.78, 5) is 2.35. The molecule has 2 N–H and O–H groups in total. The van der Waals surface area contributed by atoms with Gasteiger partial charge in [-0.15, -0.1) is 0 Å². The van der Waals surface area contributed by atoms with Crippen LogP contribution in [0.2, 0.25) is 0 Å². The highest BCUT2D eigenvalue weighted by Crippen LogP contribution is 2.24. The smallest absolute Gasteiger partial charge is 0.0558 e. The summed E-state index contributed by atoms with van der Waals surface area (Å²) in [6, 6.07) is 1.05. The Hall–Kier alpha value is -0.120. The minimum Gasteiger partial charge on any atom is -0.395 e. The van der Waals surface area contributed by atoms with E-state index in [9.17, 15) is 5.11 Å². The zero-order valence-electron chi connectivity index (χ0n) is 9.32. The van der Waals surface area contributed by atoms with Crippen molar-refractivity contribution in [3.8, 4) is 0 Å². The zero-order chi connectivity index (χ0) is 10.6. The van der Waals surface area contributed by atoms with Crippen molar-refractivity contribution >= 4 is 0 Å². The molecule has 0 amide bonds. The average Bonchev–Trinajstić information content (AvgIpc) is 2.15. The van der Waals surface area contributed by atoms with Crippen molar-refractivity contribution in [1.29, 1.82) is 0 Å². The van der Waals surface area contributed by atoms with Crippen molar-refractivity contribution in [2.75, 3.05) is 13.2 Å². The highest BCUT2D eigenvalue weighted by Gasteiger charge is 2.25. The van der Waals surface area contributed by atoms with Gasteiger partial charge >= 0.3 is 0 Å². The van der Waals surface area contributed by atoms with Gasteiger partial charge < -0.3 is 10.2 Å². The molecule has 0 heterocycles. The number of aliphatic hydroxyl groups excluding tert-OH is 2. The highest BCUT2D eigenvalue weighted by atomic mass is 16.3. The summed E-state index contributed by atoms with van der Waals surface area (Å²) in [6.07, 6.45) is 3.88. The number of nitrogens with zero attached hydrogens (tertiary/aromatic N) is 1. The summed E-state index contributed by atoms with van der Waals surface area (Å²) in [5.74, 6) is 0. The molecule has 1 rings (SSSR count).